The summed E-state index contributed by atoms with van der Waals surface area (Å²) in [6, 6.07) is 0. The van der Waals surface area contributed by atoms with Gasteiger partial charge in [-0.2, -0.15) is 0 Å². The van der Waals surface area contributed by atoms with E-state index in [9.17, 15) is 14.4 Å². The smallest absolute Gasteiger partial charge is 0.317 e. The maximum atomic E-state index is 12.6. The van der Waals surface area contributed by atoms with Gasteiger partial charge in [-0.3, -0.25) is 14.4 Å². The van der Waals surface area contributed by atoms with Crippen molar-refractivity contribution in [3.8, 4) is 0 Å². The van der Waals surface area contributed by atoms with Gasteiger partial charge in [0, 0.05) is 0 Å². The van der Waals surface area contributed by atoms with Crippen molar-refractivity contribution in [3.63, 3.8) is 0 Å². The second kappa shape index (κ2) is 7.21. The Morgan fingerprint density at radius 3 is 2.30 bits per heavy atom. The fourth-order valence-corrected chi connectivity index (χ4v) is 6.41. The molecule has 0 aromatic heterocycles. The van der Waals surface area contributed by atoms with Crippen LogP contribution in [0.3, 0.4) is 0 Å². The summed E-state index contributed by atoms with van der Waals surface area (Å²) in [7, 11) is 1.39. The molecule has 2 bridgehead atoms. The van der Waals surface area contributed by atoms with Crippen LogP contribution >= 0.6 is 0 Å². The monoisotopic (exact) mass is 378 g/mol. The first-order valence-electron chi connectivity index (χ1n) is 10.4. The van der Waals surface area contributed by atoms with Gasteiger partial charge in [0.2, 0.25) is 0 Å². The van der Waals surface area contributed by atoms with Crippen molar-refractivity contribution in [1.82, 2.24) is 0 Å². The number of rotatable bonds is 6. The van der Waals surface area contributed by atoms with Gasteiger partial charge in [0.1, 0.15) is 0 Å². The zero-order chi connectivity index (χ0) is 20.1. The van der Waals surface area contributed by atoms with Crippen LogP contribution in [-0.2, 0) is 23.9 Å². The molecule has 0 amide bonds. The van der Waals surface area contributed by atoms with Crippen molar-refractivity contribution < 1.29 is 23.9 Å². The summed E-state index contributed by atoms with van der Waals surface area (Å²) in [4.78, 5) is 36.9. The normalized spacial score (nSPS) is 41.1. The second-order valence-corrected chi connectivity index (χ2v) is 9.86. The number of hydrogen-bond acceptors (Lipinski definition) is 5. The van der Waals surface area contributed by atoms with Gasteiger partial charge in [-0.1, -0.05) is 27.2 Å². The van der Waals surface area contributed by atoms with E-state index in [-0.39, 0.29) is 35.7 Å². The lowest BCUT2D eigenvalue weighted by molar-refractivity contribution is -0.154. The van der Waals surface area contributed by atoms with E-state index < -0.39 is 5.41 Å². The molecule has 0 aromatic rings. The predicted molar refractivity (Wildman–Crippen MR) is 100 cm³/mol. The Hall–Kier alpha value is -1.39. The lowest BCUT2D eigenvalue weighted by Crippen LogP contribution is -2.39. The molecule has 5 heteroatoms. The highest BCUT2D eigenvalue weighted by Gasteiger charge is 2.60. The molecular weight excluding hydrogens is 344 g/mol. The van der Waals surface area contributed by atoms with Crippen molar-refractivity contribution >= 4 is 17.9 Å². The predicted octanol–water partition coefficient (Wildman–Crippen LogP) is 3.85. The second-order valence-electron chi connectivity index (χ2n) is 9.86. The molecule has 3 fully saturated rings. The number of carbonyl (C=O) groups excluding carboxylic acids is 3. The zero-order valence-electron chi connectivity index (χ0n) is 17.5. The molecule has 0 radical (unpaired) electrons. The van der Waals surface area contributed by atoms with Crippen molar-refractivity contribution in [2.45, 2.75) is 60.3 Å². The lowest BCUT2D eigenvalue weighted by Gasteiger charge is -2.39. The molecule has 152 valence electrons. The van der Waals surface area contributed by atoms with Gasteiger partial charge in [0.15, 0.2) is 0 Å². The Morgan fingerprint density at radius 2 is 1.70 bits per heavy atom. The van der Waals surface area contributed by atoms with Gasteiger partial charge in [-0.15, -0.1) is 0 Å². The molecule has 0 aromatic carbocycles. The van der Waals surface area contributed by atoms with Crippen LogP contribution < -0.4 is 0 Å². The molecule has 0 spiro atoms. The third-order valence-corrected chi connectivity index (χ3v) is 8.18. The van der Waals surface area contributed by atoms with E-state index in [0.717, 1.165) is 0 Å². The standard InChI is InChI=1S/C22H34O5/c1-11-12(2)16-10-15(11)13(3)17(16)18-14(19(23)27-20(18)24)8-7-9-22(4,5)21(25)26-6/h11-18H,7-10H2,1-6H3. The van der Waals surface area contributed by atoms with E-state index in [1.807, 2.05) is 13.8 Å². The Labute approximate surface area is 162 Å². The third kappa shape index (κ3) is 3.31. The van der Waals surface area contributed by atoms with Crippen molar-refractivity contribution in [3.05, 3.63) is 0 Å². The summed E-state index contributed by atoms with van der Waals surface area (Å²) in [6.45, 7) is 10.6. The van der Waals surface area contributed by atoms with Gasteiger partial charge < -0.3 is 9.47 Å². The number of cyclic esters (lactones) is 2. The van der Waals surface area contributed by atoms with E-state index in [1.54, 1.807) is 0 Å². The fraction of sp³-hybridized carbons (Fsp3) is 0.864. The minimum absolute atomic E-state index is 0.242. The average Bonchev–Trinajstić information content (AvgIpc) is 3.18. The number of ether oxygens (including phenoxy) is 2. The Bertz CT molecular complexity index is 624. The van der Waals surface area contributed by atoms with Crippen molar-refractivity contribution in [2.75, 3.05) is 7.11 Å². The van der Waals surface area contributed by atoms with Gasteiger partial charge in [-0.25, -0.2) is 0 Å². The van der Waals surface area contributed by atoms with E-state index in [2.05, 4.69) is 20.8 Å². The first kappa shape index (κ1) is 20.3. The third-order valence-electron chi connectivity index (χ3n) is 8.18. The first-order chi connectivity index (χ1) is 12.6. The van der Waals surface area contributed by atoms with E-state index in [0.29, 0.717) is 48.9 Å². The van der Waals surface area contributed by atoms with Crippen LogP contribution in [0.2, 0.25) is 0 Å². The molecule has 8 atom stereocenters. The van der Waals surface area contributed by atoms with Gasteiger partial charge in [0.05, 0.1) is 24.4 Å². The summed E-state index contributed by atoms with van der Waals surface area (Å²) in [6.07, 6.45) is 3.10. The van der Waals surface area contributed by atoms with Crippen LogP contribution in [0, 0.1) is 52.8 Å². The molecule has 1 aliphatic heterocycles. The molecule has 2 aliphatic carbocycles. The van der Waals surface area contributed by atoms with Crippen LogP contribution in [0.15, 0.2) is 0 Å². The molecule has 27 heavy (non-hydrogen) atoms. The summed E-state index contributed by atoms with van der Waals surface area (Å²) >= 11 is 0. The fourth-order valence-electron chi connectivity index (χ4n) is 6.41. The van der Waals surface area contributed by atoms with Crippen LogP contribution in [0.25, 0.3) is 0 Å². The number of esters is 3. The molecule has 1 saturated heterocycles. The Kier molecular flexibility index (Phi) is 5.44. The minimum Gasteiger partial charge on any atom is -0.469 e. The van der Waals surface area contributed by atoms with E-state index in [4.69, 9.17) is 9.47 Å². The molecule has 3 rings (SSSR count). The SMILES string of the molecule is COC(=O)C(C)(C)CCCC1C(=O)OC(=O)C1C1C(C)C2CC1C(C)C2C. The number of methoxy groups -OCH3 is 1. The van der Waals surface area contributed by atoms with Gasteiger partial charge >= 0.3 is 17.9 Å². The number of hydrogen-bond donors (Lipinski definition) is 0. The minimum atomic E-state index is -0.583. The average molecular weight is 379 g/mol. The van der Waals surface area contributed by atoms with E-state index >= 15 is 0 Å². The van der Waals surface area contributed by atoms with E-state index in [1.165, 1.54) is 13.5 Å². The van der Waals surface area contributed by atoms with Crippen LogP contribution in [0.5, 0.6) is 0 Å². The van der Waals surface area contributed by atoms with Gasteiger partial charge in [-0.05, 0) is 68.6 Å². The molecule has 1 heterocycles. The largest absolute Gasteiger partial charge is 0.469 e. The summed E-state index contributed by atoms with van der Waals surface area (Å²) < 4.78 is 9.96. The lowest BCUT2D eigenvalue weighted by atomic mass is 9.63. The van der Waals surface area contributed by atoms with Gasteiger partial charge in [0.25, 0.3) is 0 Å². The van der Waals surface area contributed by atoms with Crippen LogP contribution in [0.4, 0.5) is 0 Å². The van der Waals surface area contributed by atoms with Crippen LogP contribution in [-0.4, -0.2) is 25.0 Å². The maximum Gasteiger partial charge on any atom is 0.317 e. The zero-order valence-corrected chi connectivity index (χ0v) is 17.5. The maximum absolute atomic E-state index is 12.6. The van der Waals surface area contributed by atoms with Crippen LogP contribution in [0.1, 0.15) is 60.3 Å². The Balaban J connectivity index is 1.70. The molecule has 3 aliphatic rings. The number of carbonyl (C=O) groups is 3. The number of fused-ring (bicyclic) bond motifs is 2. The molecule has 2 saturated carbocycles. The molecule has 5 nitrogen and oxygen atoms in total. The quantitative estimate of drug-likeness (QED) is 0.519. The highest BCUT2D eigenvalue weighted by Crippen LogP contribution is 2.61. The topological polar surface area (TPSA) is 69.7 Å². The molecule has 0 N–H and O–H groups in total. The summed E-state index contributed by atoms with van der Waals surface area (Å²) in [5.41, 5.74) is -0.583. The highest BCUT2D eigenvalue weighted by atomic mass is 16.6. The van der Waals surface area contributed by atoms with Crippen molar-refractivity contribution in [1.29, 1.82) is 0 Å². The highest BCUT2D eigenvalue weighted by molar-refractivity contribution is 5.96. The summed E-state index contributed by atoms with van der Waals surface area (Å²) in [5, 5.41) is 0. The first-order valence-corrected chi connectivity index (χ1v) is 10.4. The summed E-state index contributed by atoms with van der Waals surface area (Å²) in [5.74, 6) is 1.56. The van der Waals surface area contributed by atoms with Crippen molar-refractivity contribution in [2.24, 2.45) is 52.8 Å². The Morgan fingerprint density at radius 1 is 1.07 bits per heavy atom. The molecular formula is C22H34O5. The molecule has 8 unspecified atom stereocenters.